The highest BCUT2D eigenvalue weighted by Crippen LogP contribution is 2.11. The van der Waals surface area contributed by atoms with Gasteiger partial charge in [0.15, 0.2) is 0 Å². The highest BCUT2D eigenvalue weighted by Gasteiger charge is 2.24. The van der Waals surface area contributed by atoms with Crippen LogP contribution in [0.4, 0.5) is 5.69 Å². The zero-order valence-electron chi connectivity index (χ0n) is 15.9. The van der Waals surface area contributed by atoms with Gasteiger partial charge in [-0.2, -0.15) is 0 Å². The molecule has 2 rings (SSSR count). The van der Waals surface area contributed by atoms with Gasteiger partial charge in [-0.15, -0.1) is 0 Å². The minimum absolute atomic E-state index is 0.0342. The maximum Gasteiger partial charge on any atom is 0.251 e. The Morgan fingerprint density at radius 2 is 1.67 bits per heavy atom. The number of halogens is 1. The van der Waals surface area contributed by atoms with Crippen molar-refractivity contribution in [1.82, 2.24) is 10.6 Å². The Bertz CT molecular complexity index is 748. The van der Waals surface area contributed by atoms with Gasteiger partial charge in [-0.05, 0) is 42.3 Å². The Kier molecular flexibility index (Phi) is 7.67. The highest BCUT2D eigenvalue weighted by molar-refractivity contribution is 6.30. The van der Waals surface area contributed by atoms with E-state index < -0.39 is 6.04 Å². The summed E-state index contributed by atoms with van der Waals surface area (Å²) in [5.74, 6) is -0.510. The number of carbonyl (C=O) groups excluding carboxylic acids is 2. The summed E-state index contributed by atoms with van der Waals surface area (Å²) in [5, 5.41) is 6.29. The topological polar surface area (TPSA) is 61.4 Å². The summed E-state index contributed by atoms with van der Waals surface area (Å²) in [7, 11) is 1.98. The first-order chi connectivity index (χ1) is 12.9. The van der Waals surface area contributed by atoms with E-state index in [1.807, 2.05) is 51.2 Å². The second-order valence-corrected chi connectivity index (χ2v) is 7.19. The van der Waals surface area contributed by atoms with Crippen molar-refractivity contribution in [1.29, 1.82) is 0 Å². The molecular weight excluding hydrogens is 362 g/mol. The van der Waals surface area contributed by atoms with Gasteiger partial charge in [-0.1, -0.05) is 43.6 Å². The number of nitrogens with one attached hydrogen (secondary N) is 2. The summed E-state index contributed by atoms with van der Waals surface area (Å²) in [5.41, 5.74) is 1.56. The molecule has 0 unspecified atom stereocenters. The van der Waals surface area contributed by atoms with Crippen LogP contribution in [0, 0.1) is 5.92 Å². The molecule has 0 saturated heterocycles. The van der Waals surface area contributed by atoms with Crippen molar-refractivity contribution < 1.29 is 9.59 Å². The van der Waals surface area contributed by atoms with Gasteiger partial charge in [0.1, 0.15) is 6.04 Å². The van der Waals surface area contributed by atoms with E-state index in [0.717, 1.165) is 5.69 Å². The molecule has 2 N–H and O–H groups in total. The first kappa shape index (κ1) is 20.8. The van der Waals surface area contributed by atoms with E-state index in [1.54, 1.807) is 24.3 Å². The zero-order chi connectivity index (χ0) is 19.8. The van der Waals surface area contributed by atoms with Crippen LogP contribution < -0.4 is 15.5 Å². The zero-order valence-corrected chi connectivity index (χ0v) is 16.7. The molecule has 0 aromatic heterocycles. The minimum atomic E-state index is -0.602. The SMILES string of the molecule is CC(C)[C@H](NC(=O)c1ccc(Cl)cc1)C(=O)NCCN(C)c1ccccc1. The molecule has 0 spiro atoms. The Morgan fingerprint density at radius 1 is 1.04 bits per heavy atom. The second-order valence-electron chi connectivity index (χ2n) is 6.75. The summed E-state index contributed by atoms with van der Waals surface area (Å²) in [6.45, 7) is 4.97. The smallest absolute Gasteiger partial charge is 0.251 e. The maximum atomic E-state index is 12.6. The quantitative estimate of drug-likeness (QED) is 0.730. The Hall–Kier alpha value is -2.53. The summed E-state index contributed by atoms with van der Waals surface area (Å²) < 4.78 is 0. The molecule has 2 amide bonds. The van der Waals surface area contributed by atoms with Crippen LogP contribution >= 0.6 is 11.6 Å². The molecule has 0 saturated carbocycles. The van der Waals surface area contributed by atoms with Gasteiger partial charge in [0.2, 0.25) is 5.91 Å². The van der Waals surface area contributed by atoms with Crippen molar-refractivity contribution in [3.8, 4) is 0 Å². The predicted molar refractivity (Wildman–Crippen MR) is 110 cm³/mol. The lowest BCUT2D eigenvalue weighted by molar-refractivity contribution is -0.123. The number of benzene rings is 2. The normalized spacial score (nSPS) is 11.7. The molecule has 0 aliphatic carbocycles. The summed E-state index contributed by atoms with van der Waals surface area (Å²) in [6, 6.07) is 15.9. The van der Waals surface area contributed by atoms with Gasteiger partial charge >= 0.3 is 0 Å². The number of likely N-dealkylation sites (N-methyl/N-ethyl adjacent to an activating group) is 1. The molecule has 0 aliphatic rings. The largest absolute Gasteiger partial charge is 0.373 e. The number of anilines is 1. The van der Waals surface area contributed by atoms with Crippen molar-refractivity contribution in [2.45, 2.75) is 19.9 Å². The number of carbonyl (C=O) groups is 2. The van der Waals surface area contributed by atoms with Crippen molar-refractivity contribution >= 4 is 29.1 Å². The van der Waals surface area contributed by atoms with Gasteiger partial charge in [-0.3, -0.25) is 9.59 Å². The molecule has 0 fully saturated rings. The molecule has 144 valence electrons. The van der Waals surface area contributed by atoms with Crippen LogP contribution in [0.1, 0.15) is 24.2 Å². The van der Waals surface area contributed by atoms with Crippen LogP contribution in [-0.4, -0.2) is 38.0 Å². The molecule has 27 heavy (non-hydrogen) atoms. The van der Waals surface area contributed by atoms with Gasteiger partial charge in [0, 0.05) is 36.4 Å². The fourth-order valence-corrected chi connectivity index (χ4v) is 2.76. The average Bonchev–Trinajstić information content (AvgIpc) is 2.66. The molecule has 0 heterocycles. The predicted octanol–water partition coefficient (Wildman–Crippen LogP) is 3.35. The van der Waals surface area contributed by atoms with Crippen LogP contribution in [0.3, 0.4) is 0 Å². The molecule has 2 aromatic carbocycles. The van der Waals surface area contributed by atoms with E-state index in [2.05, 4.69) is 15.5 Å². The van der Waals surface area contributed by atoms with Crippen LogP contribution in [0.25, 0.3) is 0 Å². The van der Waals surface area contributed by atoms with Crippen LogP contribution in [0.2, 0.25) is 5.02 Å². The van der Waals surface area contributed by atoms with Crippen LogP contribution in [0.5, 0.6) is 0 Å². The van der Waals surface area contributed by atoms with Crippen LogP contribution in [0.15, 0.2) is 54.6 Å². The summed E-state index contributed by atoms with van der Waals surface area (Å²) >= 11 is 5.85. The van der Waals surface area contributed by atoms with Gasteiger partial charge in [0.05, 0.1) is 0 Å². The molecule has 0 bridgehead atoms. The van der Waals surface area contributed by atoms with Crippen molar-refractivity contribution in [3.05, 3.63) is 65.2 Å². The lowest BCUT2D eigenvalue weighted by Gasteiger charge is -2.23. The average molecular weight is 388 g/mol. The van der Waals surface area contributed by atoms with Gasteiger partial charge < -0.3 is 15.5 Å². The number of nitrogens with zero attached hydrogens (tertiary/aromatic N) is 1. The standard InChI is InChI=1S/C21H26ClN3O2/c1-15(2)19(24-20(26)16-9-11-17(22)12-10-16)21(27)23-13-14-25(3)18-7-5-4-6-8-18/h4-12,15,19H,13-14H2,1-3H3,(H,23,27)(H,24,26)/t19-/m0/s1. The van der Waals surface area contributed by atoms with Gasteiger partial charge in [0.25, 0.3) is 5.91 Å². The van der Waals surface area contributed by atoms with Crippen molar-refractivity contribution in [2.24, 2.45) is 5.92 Å². The Balaban J connectivity index is 1.88. The number of para-hydroxylation sites is 1. The van der Waals surface area contributed by atoms with E-state index in [-0.39, 0.29) is 17.7 Å². The number of amides is 2. The first-order valence-corrected chi connectivity index (χ1v) is 9.36. The monoisotopic (exact) mass is 387 g/mol. The molecule has 0 radical (unpaired) electrons. The molecule has 2 aromatic rings. The molecule has 0 aliphatic heterocycles. The van der Waals surface area contributed by atoms with Gasteiger partial charge in [-0.25, -0.2) is 0 Å². The third-order valence-electron chi connectivity index (χ3n) is 4.29. The molecular formula is C21H26ClN3O2. The maximum absolute atomic E-state index is 12.6. The van der Waals surface area contributed by atoms with E-state index in [4.69, 9.17) is 11.6 Å². The second kappa shape index (κ2) is 9.97. The van der Waals surface area contributed by atoms with E-state index in [9.17, 15) is 9.59 Å². The van der Waals surface area contributed by atoms with Crippen LogP contribution in [-0.2, 0) is 4.79 Å². The minimum Gasteiger partial charge on any atom is -0.373 e. The van der Waals surface area contributed by atoms with E-state index in [1.165, 1.54) is 0 Å². The number of hydrogen-bond acceptors (Lipinski definition) is 3. The summed E-state index contributed by atoms with van der Waals surface area (Å²) in [4.78, 5) is 27.0. The Labute approximate surface area is 165 Å². The number of hydrogen-bond donors (Lipinski definition) is 2. The third-order valence-corrected chi connectivity index (χ3v) is 4.54. The molecule has 5 nitrogen and oxygen atoms in total. The summed E-state index contributed by atoms with van der Waals surface area (Å²) in [6.07, 6.45) is 0. The fraction of sp³-hybridized carbons (Fsp3) is 0.333. The van der Waals surface area contributed by atoms with E-state index >= 15 is 0 Å². The van der Waals surface area contributed by atoms with Crippen molar-refractivity contribution in [3.63, 3.8) is 0 Å². The fourth-order valence-electron chi connectivity index (χ4n) is 2.63. The first-order valence-electron chi connectivity index (χ1n) is 8.99. The molecule has 1 atom stereocenters. The molecule has 6 heteroatoms. The van der Waals surface area contributed by atoms with Crippen molar-refractivity contribution in [2.75, 3.05) is 25.0 Å². The lowest BCUT2D eigenvalue weighted by atomic mass is 10.0. The third kappa shape index (κ3) is 6.29. The highest BCUT2D eigenvalue weighted by atomic mass is 35.5. The number of rotatable bonds is 8. The lowest BCUT2D eigenvalue weighted by Crippen LogP contribution is -2.50. The Morgan fingerprint density at radius 3 is 2.26 bits per heavy atom. The van der Waals surface area contributed by atoms with E-state index in [0.29, 0.717) is 23.7 Å².